The van der Waals surface area contributed by atoms with Gasteiger partial charge >= 0.3 is 0 Å². The molecule has 6 nitrogen and oxygen atoms in total. The molecule has 3 aromatic heterocycles. The number of carbonyl (C=O) groups is 1. The van der Waals surface area contributed by atoms with E-state index in [2.05, 4.69) is 15.1 Å². The summed E-state index contributed by atoms with van der Waals surface area (Å²) in [5, 5.41) is 8.37. The van der Waals surface area contributed by atoms with E-state index in [0.29, 0.717) is 28.4 Å². The lowest BCUT2D eigenvalue weighted by atomic mass is 10.1. The van der Waals surface area contributed by atoms with Gasteiger partial charge in [-0.3, -0.25) is 4.79 Å². The third-order valence-electron chi connectivity index (χ3n) is 4.68. The summed E-state index contributed by atoms with van der Waals surface area (Å²) >= 11 is 2.72. The van der Waals surface area contributed by atoms with E-state index < -0.39 is 11.6 Å². The highest BCUT2D eigenvalue weighted by Gasteiger charge is 2.35. The highest BCUT2D eigenvalue weighted by atomic mass is 32.2. The van der Waals surface area contributed by atoms with Crippen molar-refractivity contribution in [3.05, 3.63) is 70.3 Å². The van der Waals surface area contributed by atoms with E-state index in [1.165, 1.54) is 5.01 Å². The molecular formula is C20H14F2N4O2S2. The van der Waals surface area contributed by atoms with Crippen molar-refractivity contribution in [3.63, 3.8) is 0 Å². The summed E-state index contributed by atoms with van der Waals surface area (Å²) in [6.45, 7) is 0. The van der Waals surface area contributed by atoms with Crippen LogP contribution in [0.15, 0.2) is 62.7 Å². The van der Waals surface area contributed by atoms with E-state index in [1.54, 1.807) is 23.7 Å². The van der Waals surface area contributed by atoms with Crippen molar-refractivity contribution >= 4 is 45.8 Å². The van der Waals surface area contributed by atoms with E-state index in [-0.39, 0.29) is 17.7 Å². The summed E-state index contributed by atoms with van der Waals surface area (Å²) < 4.78 is 32.3. The molecule has 0 radical (unpaired) electrons. The molecule has 0 spiro atoms. The second-order valence-electron chi connectivity index (χ2n) is 6.61. The molecule has 0 fully saturated rings. The van der Waals surface area contributed by atoms with Crippen molar-refractivity contribution < 1.29 is 18.0 Å². The number of halogens is 2. The van der Waals surface area contributed by atoms with Gasteiger partial charge in [0.15, 0.2) is 16.8 Å². The van der Waals surface area contributed by atoms with E-state index in [1.807, 2.05) is 23.6 Å². The predicted octanol–water partition coefficient (Wildman–Crippen LogP) is 4.97. The van der Waals surface area contributed by atoms with Crippen molar-refractivity contribution in [1.82, 2.24) is 15.0 Å². The number of nitrogens with one attached hydrogen (secondary N) is 1. The molecule has 152 valence electrons. The Morgan fingerprint density at radius 1 is 1.30 bits per heavy atom. The lowest BCUT2D eigenvalue weighted by Crippen LogP contribution is -2.28. The minimum atomic E-state index is -0.963. The molecule has 1 atom stereocenters. The van der Waals surface area contributed by atoms with E-state index >= 15 is 0 Å². The van der Waals surface area contributed by atoms with Crippen LogP contribution >= 0.6 is 23.1 Å². The minimum absolute atomic E-state index is 0.0587. The Bertz CT molecular complexity index is 1200. The Labute approximate surface area is 177 Å². The van der Waals surface area contributed by atoms with Gasteiger partial charge in [-0.15, -0.1) is 11.3 Å². The lowest BCUT2D eigenvalue weighted by molar-refractivity contribution is -0.130. The van der Waals surface area contributed by atoms with Gasteiger partial charge in [0.2, 0.25) is 0 Å². The van der Waals surface area contributed by atoms with Crippen molar-refractivity contribution in [2.75, 3.05) is 5.75 Å². The molecule has 1 aromatic carbocycles. The maximum absolute atomic E-state index is 13.4. The van der Waals surface area contributed by atoms with Gasteiger partial charge in [0.1, 0.15) is 11.8 Å². The zero-order valence-electron chi connectivity index (χ0n) is 15.3. The second kappa shape index (κ2) is 7.69. The maximum atomic E-state index is 13.4. The Balaban J connectivity index is 1.35. The Kier molecular flexibility index (Phi) is 4.87. The Morgan fingerprint density at radius 2 is 2.17 bits per heavy atom. The highest BCUT2D eigenvalue weighted by molar-refractivity contribution is 7.99. The largest absolute Gasteiger partial charge is 0.467 e. The summed E-state index contributed by atoms with van der Waals surface area (Å²) in [7, 11) is 0. The third kappa shape index (κ3) is 3.52. The zero-order valence-corrected chi connectivity index (χ0v) is 17.0. The molecular weight excluding hydrogens is 430 g/mol. The van der Waals surface area contributed by atoms with Crippen molar-refractivity contribution in [3.8, 4) is 0 Å². The average molecular weight is 444 g/mol. The van der Waals surface area contributed by atoms with Gasteiger partial charge in [-0.05, 0) is 23.6 Å². The van der Waals surface area contributed by atoms with Crippen LogP contribution in [0.25, 0.3) is 11.0 Å². The van der Waals surface area contributed by atoms with Crippen LogP contribution in [0.3, 0.4) is 0 Å². The average Bonchev–Trinajstić information content (AvgIpc) is 3.52. The number of hydrazone groups is 1. The van der Waals surface area contributed by atoms with Gasteiger partial charge in [0.25, 0.3) is 5.91 Å². The molecule has 1 aliphatic rings. The molecule has 1 unspecified atom stereocenters. The molecule has 0 saturated carbocycles. The highest BCUT2D eigenvalue weighted by Crippen LogP contribution is 2.34. The van der Waals surface area contributed by atoms with Crippen molar-refractivity contribution in [2.45, 2.75) is 17.6 Å². The van der Waals surface area contributed by atoms with E-state index in [0.717, 1.165) is 34.5 Å². The number of thioether (sulfide) groups is 1. The van der Waals surface area contributed by atoms with Crippen LogP contribution in [0.1, 0.15) is 23.1 Å². The van der Waals surface area contributed by atoms with Gasteiger partial charge in [0.05, 0.1) is 33.6 Å². The van der Waals surface area contributed by atoms with Crippen LogP contribution < -0.4 is 0 Å². The fourth-order valence-electron chi connectivity index (χ4n) is 3.28. The zero-order chi connectivity index (χ0) is 20.7. The number of thiophene rings is 1. The van der Waals surface area contributed by atoms with E-state index in [9.17, 15) is 13.6 Å². The standard InChI is InChI=1S/C20H14F2N4O2S2/c21-11-7-13-14(8-12(11)22)24-20(23-13)30-10-19(27)26-16(17-3-1-5-28-17)9-15(25-26)18-4-2-6-29-18/h1-8,16H,9-10H2,(H,23,24). The summed E-state index contributed by atoms with van der Waals surface area (Å²) in [4.78, 5) is 21.1. The van der Waals surface area contributed by atoms with Crippen molar-refractivity contribution in [2.24, 2.45) is 5.10 Å². The number of aromatic amines is 1. The number of carbonyl (C=O) groups excluding carboxylic acids is 1. The fraction of sp³-hybridized carbons (Fsp3) is 0.150. The number of amides is 1. The normalized spacial score (nSPS) is 16.4. The number of imidazole rings is 1. The number of nitrogens with zero attached hydrogens (tertiary/aromatic N) is 3. The topological polar surface area (TPSA) is 74.5 Å². The first-order chi connectivity index (χ1) is 14.6. The van der Waals surface area contributed by atoms with Crippen LogP contribution in [0.2, 0.25) is 0 Å². The third-order valence-corrected chi connectivity index (χ3v) is 6.45. The first-order valence-corrected chi connectivity index (χ1v) is 10.9. The number of furan rings is 1. The maximum Gasteiger partial charge on any atom is 0.253 e. The predicted molar refractivity (Wildman–Crippen MR) is 111 cm³/mol. The molecule has 4 aromatic rings. The number of rotatable bonds is 5. The minimum Gasteiger partial charge on any atom is -0.467 e. The number of fused-ring (bicyclic) bond motifs is 1. The fourth-order valence-corrected chi connectivity index (χ4v) is 4.74. The number of aromatic nitrogens is 2. The summed E-state index contributed by atoms with van der Waals surface area (Å²) in [6.07, 6.45) is 2.14. The molecule has 4 heterocycles. The van der Waals surface area contributed by atoms with Crippen LogP contribution in [0.5, 0.6) is 0 Å². The van der Waals surface area contributed by atoms with Crippen molar-refractivity contribution in [1.29, 1.82) is 0 Å². The number of hydrogen-bond acceptors (Lipinski definition) is 6. The number of hydrogen-bond donors (Lipinski definition) is 1. The molecule has 30 heavy (non-hydrogen) atoms. The van der Waals surface area contributed by atoms with Gasteiger partial charge in [-0.25, -0.2) is 18.8 Å². The van der Waals surface area contributed by atoms with Gasteiger partial charge in [0, 0.05) is 18.6 Å². The second-order valence-corrected chi connectivity index (χ2v) is 8.52. The first-order valence-electron chi connectivity index (χ1n) is 9.03. The Morgan fingerprint density at radius 3 is 2.93 bits per heavy atom. The summed E-state index contributed by atoms with van der Waals surface area (Å²) in [5.74, 6) is -1.41. The lowest BCUT2D eigenvalue weighted by Gasteiger charge is -2.19. The monoisotopic (exact) mass is 444 g/mol. The van der Waals surface area contributed by atoms with Gasteiger partial charge in [-0.1, -0.05) is 17.8 Å². The molecule has 1 N–H and O–H groups in total. The Hall–Kier alpha value is -2.98. The molecule has 0 aliphatic carbocycles. The SMILES string of the molecule is O=C(CSc1nc2cc(F)c(F)cc2[nH]1)N1N=C(c2cccs2)CC1c1ccco1. The smallest absolute Gasteiger partial charge is 0.253 e. The first kappa shape index (κ1) is 19.0. The number of H-pyrrole nitrogens is 1. The molecule has 10 heteroatoms. The van der Waals surface area contributed by atoms with Crippen LogP contribution in [0.4, 0.5) is 8.78 Å². The van der Waals surface area contributed by atoms with Gasteiger partial charge in [-0.2, -0.15) is 5.10 Å². The molecule has 1 aliphatic heterocycles. The summed E-state index contributed by atoms with van der Waals surface area (Å²) in [5.41, 5.74) is 1.51. The number of benzene rings is 1. The van der Waals surface area contributed by atoms with Crippen LogP contribution in [0, 0.1) is 11.6 Å². The van der Waals surface area contributed by atoms with Crippen LogP contribution in [-0.2, 0) is 4.79 Å². The molecule has 1 amide bonds. The summed E-state index contributed by atoms with van der Waals surface area (Å²) in [6, 6.07) is 9.28. The van der Waals surface area contributed by atoms with Crippen LogP contribution in [-0.4, -0.2) is 32.3 Å². The van der Waals surface area contributed by atoms with E-state index in [4.69, 9.17) is 4.42 Å². The molecule has 0 saturated heterocycles. The van der Waals surface area contributed by atoms with Gasteiger partial charge < -0.3 is 9.40 Å². The molecule has 5 rings (SSSR count). The quantitative estimate of drug-likeness (QED) is 0.441. The molecule has 0 bridgehead atoms.